The Morgan fingerprint density at radius 2 is 2.12 bits per heavy atom. The van der Waals surface area contributed by atoms with Crippen molar-refractivity contribution in [2.24, 2.45) is 16.5 Å². The van der Waals surface area contributed by atoms with Gasteiger partial charge in [-0.3, -0.25) is 4.79 Å². The molecule has 0 fully saturated rings. The zero-order valence-corrected chi connectivity index (χ0v) is 12.0. The van der Waals surface area contributed by atoms with E-state index in [9.17, 15) is 4.79 Å². The molecule has 1 aromatic rings. The minimum atomic E-state index is -0.235. The number of anilines is 1. The van der Waals surface area contributed by atoms with Crippen molar-refractivity contribution in [1.29, 1.82) is 0 Å². The summed E-state index contributed by atoms with van der Waals surface area (Å²) in [6.45, 7) is 2.00. The molecule has 0 aliphatic carbocycles. The van der Waals surface area contributed by atoms with Gasteiger partial charge in [-0.1, -0.05) is 19.1 Å². The van der Waals surface area contributed by atoms with E-state index in [1.54, 1.807) is 0 Å². The van der Waals surface area contributed by atoms with Crippen LogP contribution in [0.15, 0.2) is 29.3 Å². The van der Waals surface area contributed by atoms with Crippen molar-refractivity contribution >= 4 is 41.5 Å². The summed E-state index contributed by atoms with van der Waals surface area (Å²) < 4.78 is 0. The molecule has 0 saturated heterocycles. The van der Waals surface area contributed by atoms with Crippen molar-refractivity contribution in [2.45, 2.75) is 13.3 Å². The monoisotopic (exact) mass is 348 g/mol. The second-order valence-electron chi connectivity index (χ2n) is 3.34. The van der Waals surface area contributed by atoms with E-state index in [2.05, 4.69) is 17.2 Å². The van der Waals surface area contributed by atoms with Crippen LogP contribution < -0.4 is 16.8 Å². The molecule has 6 heteroatoms. The first-order valence-electron chi connectivity index (χ1n) is 5.06. The lowest BCUT2D eigenvalue weighted by atomic mass is 10.1. The van der Waals surface area contributed by atoms with Gasteiger partial charge in [0.1, 0.15) is 6.54 Å². The molecule has 0 spiro atoms. The number of hydrogen-bond donors (Lipinski definition) is 3. The molecule has 1 aromatic carbocycles. The van der Waals surface area contributed by atoms with Gasteiger partial charge in [0.05, 0.1) is 0 Å². The molecule has 1 rings (SSSR count). The van der Waals surface area contributed by atoms with Gasteiger partial charge in [0.25, 0.3) is 0 Å². The molecule has 17 heavy (non-hydrogen) atoms. The maximum absolute atomic E-state index is 11.4. The molecule has 0 aliphatic rings. The summed E-state index contributed by atoms with van der Waals surface area (Å²) in [7, 11) is 0. The predicted molar refractivity (Wildman–Crippen MR) is 80.5 cm³/mol. The van der Waals surface area contributed by atoms with Gasteiger partial charge in [-0.2, -0.15) is 0 Å². The summed E-state index contributed by atoms with van der Waals surface area (Å²) in [5.41, 5.74) is 12.2. The Morgan fingerprint density at radius 1 is 1.41 bits per heavy atom. The lowest BCUT2D eigenvalue weighted by Gasteiger charge is -2.05. The Balaban J connectivity index is 0.00000256. The van der Waals surface area contributed by atoms with Crippen molar-refractivity contribution < 1.29 is 4.79 Å². The number of amides is 1. The summed E-state index contributed by atoms with van der Waals surface area (Å²) in [6.07, 6.45) is 0.928. The first-order valence-corrected chi connectivity index (χ1v) is 5.06. The van der Waals surface area contributed by atoms with Crippen molar-refractivity contribution in [3.05, 3.63) is 29.8 Å². The Hall–Kier alpha value is -1.31. The third kappa shape index (κ3) is 6.10. The van der Waals surface area contributed by atoms with Gasteiger partial charge in [0, 0.05) is 5.69 Å². The second kappa shape index (κ2) is 7.88. The first kappa shape index (κ1) is 15.7. The lowest BCUT2D eigenvalue weighted by Crippen LogP contribution is -2.25. The van der Waals surface area contributed by atoms with E-state index < -0.39 is 0 Å². The Labute approximate surface area is 118 Å². The average molecular weight is 348 g/mol. The molecular weight excluding hydrogens is 331 g/mol. The maximum Gasteiger partial charge on any atom is 0.246 e. The Morgan fingerprint density at radius 3 is 2.71 bits per heavy atom. The number of rotatable bonds is 4. The van der Waals surface area contributed by atoms with E-state index in [1.807, 2.05) is 24.3 Å². The fraction of sp³-hybridized carbons (Fsp3) is 0.273. The van der Waals surface area contributed by atoms with Crippen LogP contribution in [0.2, 0.25) is 0 Å². The number of nitrogens with two attached hydrogens (primary N) is 2. The molecule has 0 aromatic heterocycles. The summed E-state index contributed by atoms with van der Waals surface area (Å²) in [4.78, 5) is 15.0. The second-order valence-corrected chi connectivity index (χ2v) is 3.34. The first-order chi connectivity index (χ1) is 7.61. The average Bonchev–Trinajstić information content (AvgIpc) is 2.26. The quantitative estimate of drug-likeness (QED) is 0.432. The van der Waals surface area contributed by atoms with Crippen molar-refractivity contribution in [3.63, 3.8) is 0 Å². The Bertz CT molecular complexity index is 402. The third-order valence-corrected chi connectivity index (χ3v) is 2.02. The highest BCUT2D eigenvalue weighted by Crippen LogP contribution is 2.10. The van der Waals surface area contributed by atoms with E-state index in [1.165, 1.54) is 5.56 Å². The van der Waals surface area contributed by atoms with Crippen molar-refractivity contribution in [3.8, 4) is 0 Å². The standard InChI is InChI=1S/C11H16N4O.HI/c1-2-8-4-3-5-9(6-8)15-10(16)7-14-11(12)13;/h3-6H,2,7H2,1H3,(H,15,16)(H4,12,13,14);1H. The van der Waals surface area contributed by atoms with E-state index in [4.69, 9.17) is 11.5 Å². The van der Waals surface area contributed by atoms with Gasteiger partial charge < -0.3 is 16.8 Å². The number of carbonyl (C=O) groups excluding carboxylic acids is 1. The highest BCUT2D eigenvalue weighted by molar-refractivity contribution is 14.0. The molecule has 5 nitrogen and oxygen atoms in total. The predicted octanol–water partition coefficient (Wildman–Crippen LogP) is 1.08. The zero-order chi connectivity index (χ0) is 12.0. The maximum atomic E-state index is 11.4. The summed E-state index contributed by atoms with van der Waals surface area (Å²) in [5, 5.41) is 2.71. The number of halogens is 1. The highest BCUT2D eigenvalue weighted by Gasteiger charge is 2.01. The minimum absolute atomic E-state index is 0. The smallest absolute Gasteiger partial charge is 0.246 e. The van der Waals surface area contributed by atoms with Crippen LogP contribution in [-0.4, -0.2) is 18.4 Å². The molecule has 0 heterocycles. The van der Waals surface area contributed by atoms with Crippen LogP contribution in [-0.2, 0) is 11.2 Å². The summed E-state index contributed by atoms with van der Waals surface area (Å²) >= 11 is 0. The van der Waals surface area contributed by atoms with Crippen molar-refractivity contribution in [1.82, 2.24) is 0 Å². The van der Waals surface area contributed by atoms with Gasteiger partial charge >= 0.3 is 0 Å². The molecule has 0 atom stereocenters. The molecule has 1 amide bonds. The number of hydrogen-bond acceptors (Lipinski definition) is 2. The fourth-order valence-corrected chi connectivity index (χ4v) is 1.23. The minimum Gasteiger partial charge on any atom is -0.370 e. The number of aliphatic imine (C=N–C) groups is 1. The van der Waals surface area contributed by atoms with Gasteiger partial charge in [-0.15, -0.1) is 24.0 Å². The van der Waals surface area contributed by atoms with Crippen LogP contribution in [0.3, 0.4) is 0 Å². The zero-order valence-electron chi connectivity index (χ0n) is 9.64. The number of carbonyl (C=O) groups is 1. The van der Waals surface area contributed by atoms with E-state index >= 15 is 0 Å². The molecule has 0 unspecified atom stereocenters. The summed E-state index contributed by atoms with van der Waals surface area (Å²) in [6, 6.07) is 7.65. The SMILES string of the molecule is CCc1cccc(NC(=O)CN=C(N)N)c1.I. The molecule has 0 radical (unpaired) electrons. The Kier molecular flexibility index (Phi) is 7.27. The fourth-order valence-electron chi connectivity index (χ4n) is 1.23. The van der Waals surface area contributed by atoms with Crippen LogP contribution >= 0.6 is 24.0 Å². The third-order valence-electron chi connectivity index (χ3n) is 2.02. The van der Waals surface area contributed by atoms with E-state index in [0.29, 0.717) is 0 Å². The molecule has 5 N–H and O–H groups in total. The number of benzene rings is 1. The van der Waals surface area contributed by atoms with Crippen LogP contribution in [0, 0.1) is 0 Å². The highest BCUT2D eigenvalue weighted by atomic mass is 127. The van der Waals surface area contributed by atoms with Crippen LogP contribution in [0.25, 0.3) is 0 Å². The van der Waals surface area contributed by atoms with E-state index in [-0.39, 0.29) is 42.4 Å². The number of guanidine groups is 1. The number of aryl methyl sites for hydroxylation is 1. The van der Waals surface area contributed by atoms with E-state index in [0.717, 1.165) is 12.1 Å². The molecule has 0 aliphatic heterocycles. The molecule has 0 bridgehead atoms. The lowest BCUT2D eigenvalue weighted by molar-refractivity contribution is -0.114. The van der Waals surface area contributed by atoms with Crippen LogP contribution in [0.4, 0.5) is 5.69 Å². The van der Waals surface area contributed by atoms with Gasteiger partial charge in [-0.05, 0) is 24.1 Å². The molecule has 0 saturated carbocycles. The van der Waals surface area contributed by atoms with Crippen LogP contribution in [0.1, 0.15) is 12.5 Å². The van der Waals surface area contributed by atoms with Gasteiger partial charge in [0.2, 0.25) is 5.91 Å². The summed E-state index contributed by atoms with van der Waals surface area (Å²) in [5.74, 6) is -0.320. The number of nitrogens with zero attached hydrogens (tertiary/aromatic N) is 1. The van der Waals surface area contributed by atoms with Crippen molar-refractivity contribution in [2.75, 3.05) is 11.9 Å². The number of nitrogens with one attached hydrogen (secondary N) is 1. The molecule has 94 valence electrons. The molecular formula is C11H17IN4O. The van der Waals surface area contributed by atoms with Gasteiger partial charge in [0.15, 0.2) is 5.96 Å². The normalized spacial score (nSPS) is 9.00. The largest absolute Gasteiger partial charge is 0.370 e. The van der Waals surface area contributed by atoms with Crippen LogP contribution in [0.5, 0.6) is 0 Å². The topological polar surface area (TPSA) is 93.5 Å². The van der Waals surface area contributed by atoms with Gasteiger partial charge in [-0.25, -0.2) is 4.99 Å².